The van der Waals surface area contributed by atoms with Crippen molar-refractivity contribution in [1.29, 1.82) is 5.26 Å². The molecule has 132 valence electrons. The van der Waals surface area contributed by atoms with E-state index in [0.717, 1.165) is 16.7 Å². The molecule has 1 N–H and O–H groups in total. The molecule has 3 nitrogen and oxygen atoms in total. The number of aromatic nitrogens is 1. The Morgan fingerprint density at radius 3 is 2.56 bits per heavy atom. The van der Waals surface area contributed by atoms with Crippen LogP contribution in [0.5, 0.6) is 0 Å². The number of benzene rings is 1. The minimum absolute atomic E-state index is 0.313. The SMILES string of the molecule is N#Cc1cccc(-c2cc(C(F)(F)F)c3n2CCC(F)(F)C3O)c1F. The first kappa shape index (κ1) is 17.4. The smallest absolute Gasteiger partial charge is 0.381 e. The van der Waals surface area contributed by atoms with Crippen molar-refractivity contribution in [3.8, 4) is 17.3 Å². The fourth-order valence-electron chi connectivity index (χ4n) is 2.96. The second-order valence-corrected chi connectivity index (χ2v) is 5.67. The number of nitrogens with zero attached hydrogens (tertiary/aromatic N) is 2. The van der Waals surface area contributed by atoms with E-state index in [4.69, 9.17) is 5.26 Å². The fraction of sp³-hybridized carbons (Fsp3) is 0.312. The van der Waals surface area contributed by atoms with E-state index in [9.17, 15) is 31.4 Å². The van der Waals surface area contributed by atoms with Gasteiger partial charge in [0.1, 0.15) is 11.9 Å². The Bertz CT molecular complexity index is 878. The summed E-state index contributed by atoms with van der Waals surface area (Å²) in [7, 11) is 0. The van der Waals surface area contributed by atoms with Crippen molar-refractivity contribution >= 4 is 0 Å². The van der Waals surface area contributed by atoms with E-state index in [-0.39, 0.29) is 16.8 Å². The summed E-state index contributed by atoms with van der Waals surface area (Å²) in [6, 6.07) is 5.67. The zero-order valence-electron chi connectivity index (χ0n) is 12.4. The second kappa shape index (κ2) is 5.52. The molecule has 25 heavy (non-hydrogen) atoms. The highest BCUT2D eigenvalue weighted by molar-refractivity contribution is 5.66. The minimum Gasteiger partial charge on any atom is -0.381 e. The molecule has 0 saturated heterocycles. The van der Waals surface area contributed by atoms with Gasteiger partial charge in [0.15, 0.2) is 6.10 Å². The average molecular weight is 360 g/mol. The Balaban J connectivity index is 2.30. The maximum Gasteiger partial charge on any atom is 0.418 e. The predicted octanol–water partition coefficient (Wildman–Crippen LogP) is 4.26. The van der Waals surface area contributed by atoms with Gasteiger partial charge in [-0.1, -0.05) is 6.07 Å². The quantitative estimate of drug-likeness (QED) is 0.773. The molecule has 0 amide bonds. The number of hydrogen-bond donors (Lipinski definition) is 1. The molecule has 0 aliphatic carbocycles. The van der Waals surface area contributed by atoms with Crippen LogP contribution in [0.1, 0.15) is 29.3 Å². The van der Waals surface area contributed by atoms with Crippen LogP contribution in [0.15, 0.2) is 24.3 Å². The molecule has 2 aromatic rings. The van der Waals surface area contributed by atoms with Gasteiger partial charge >= 0.3 is 6.18 Å². The van der Waals surface area contributed by atoms with Crippen LogP contribution in [0.3, 0.4) is 0 Å². The minimum atomic E-state index is -5.01. The first-order chi connectivity index (χ1) is 11.6. The summed E-state index contributed by atoms with van der Waals surface area (Å²) < 4.78 is 82.4. The van der Waals surface area contributed by atoms with Gasteiger partial charge in [0.25, 0.3) is 5.92 Å². The summed E-state index contributed by atoms with van der Waals surface area (Å²) in [5.74, 6) is -4.77. The molecular formula is C16H10F6N2O. The van der Waals surface area contributed by atoms with Crippen molar-refractivity contribution in [2.24, 2.45) is 0 Å². The highest BCUT2D eigenvalue weighted by Gasteiger charge is 2.50. The standard InChI is InChI=1S/C16H10F6N2O/c17-12-8(7-23)2-1-3-9(12)11-6-10(16(20,21)22)13-14(25)15(18,19)4-5-24(11)13/h1-3,6,14,25H,4-5H2. The van der Waals surface area contributed by atoms with Crippen LogP contribution >= 0.6 is 0 Å². The van der Waals surface area contributed by atoms with Gasteiger partial charge in [-0.3, -0.25) is 0 Å². The van der Waals surface area contributed by atoms with Gasteiger partial charge in [0.05, 0.1) is 22.5 Å². The number of aliphatic hydroxyl groups is 1. The summed E-state index contributed by atoms with van der Waals surface area (Å²) in [5, 5.41) is 18.6. The molecule has 0 radical (unpaired) electrons. The monoisotopic (exact) mass is 360 g/mol. The lowest BCUT2D eigenvalue weighted by atomic mass is 9.99. The van der Waals surface area contributed by atoms with Gasteiger partial charge in [-0.2, -0.15) is 18.4 Å². The second-order valence-electron chi connectivity index (χ2n) is 5.67. The van der Waals surface area contributed by atoms with Crippen LogP contribution in [0.2, 0.25) is 0 Å². The number of fused-ring (bicyclic) bond motifs is 1. The van der Waals surface area contributed by atoms with Gasteiger partial charge < -0.3 is 9.67 Å². The Labute approximate surface area is 137 Å². The van der Waals surface area contributed by atoms with E-state index >= 15 is 0 Å². The normalized spacial score (nSPS) is 19.4. The van der Waals surface area contributed by atoms with E-state index in [2.05, 4.69) is 0 Å². The van der Waals surface area contributed by atoms with Crippen molar-refractivity contribution in [3.05, 3.63) is 46.9 Å². The van der Waals surface area contributed by atoms with Gasteiger partial charge in [-0.05, 0) is 18.2 Å². The van der Waals surface area contributed by atoms with Gasteiger partial charge in [0, 0.05) is 18.5 Å². The summed E-state index contributed by atoms with van der Waals surface area (Å²) >= 11 is 0. The number of alkyl halides is 5. The van der Waals surface area contributed by atoms with Gasteiger partial charge in [0.2, 0.25) is 0 Å². The van der Waals surface area contributed by atoms with Crippen LogP contribution in [-0.2, 0) is 12.7 Å². The summed E-state index contributed by atoms with van der Waals surface area (Å²) in [5.41, 5.74) is -3.47. The zero-order chi connectivity index (χ0) is 18.6. The van der Waals surface area contributed by atoms with Crippen molar-refractivity contribution in [2.45, 2.75) is 31.2 Å². The highest BCUT2D eigenvalue weighted by atomic mass is 19.4. The average Bonchev–Trinajstić information content (AvgIpc) is 2.91. The predicted molar refractivity (Wildman–Crippen MR) is 74.1 cm³/mol. The zero-order valence-corrected chi connectivity index (χ0v) is 12.4. The number of nitriles is 1. The Hall–Kier alpha value is -2.47. The number of hydrogen-bond acceptors (Lipinski definition) is 2. The van der Waals surface area contributed by atoms with Crippen LogP contribution in [0, 0.1) is 17.1 Å². The molecule has 1 aromatic carbocycles. The molecule has 1 atom stereocenters. The van der Waals surface area contributed by atoms with E-state index in [1.54, 1.807) is 6.07 Å². The Morgan fingerprint density at radius 1 is 1.28 bits per heavy atom. The molecule has 1 aliphatic heterocycles. The molecular weight excluding hydrogens is 350 g/mol. The molecule has 0 fully saturated rings. The third-order valence-corrected chi connectivity index (χ3v) is 4.17. The van der Waals surface area contributed by atoms with Crippen LogP contribution in [0.4, 0.5) is 26.3 Å². The van der Waals surface area contributed by atoms with Crippen LogP contribution in [0.25, 0.3) is 11.3 Å². The van der Waals surface area contributed by atoms with Crippen molar-refractivity contribution in [3.63, 3.8) is 0 Å². The lowest BCUT2D eigenvalue weighted by Crippen LogP contribution is -2.36. The number of rotatable bonds is 1. The first-order valence-electron chi connectivity index (χ1n) is 7.13. The lowest BCUT2D eigenvalue weighted by molar-refractivity contribution is -0.152. The first-order valence-corrected chi connectivity index (χ1v) is 7.13. The summed E-state index contributed by atoms with van der Waals surface area (Å²) in [6.07, 6.45) is -8.55. The maximum absolute atomic E-state index is 14.4. The molecule has 0 bridgehead atoms. The van der Waals surface area contributed by atoms with Gasteiger partial charge in [-0.15, -0.1) is 0 Å². The molecule has 1 aromatic heterocycles. The third kappa shape index (κ3) is 2.66. The Kier molecular flexibility index (Phi) is 3.84. The molecule has 0 spiro atoms. The third-order valence-electron chi connectivity index (χ3n) is 4.17. The van der Waals surface area contributed by atoms with Crippen molar-refractivity contribution in [1.82, 2.24) is 4.57 Å². The molecule has 3 rings (SSSR count). The van der Waals surface area contributed by atoms with E-state index in [1.807, 2.05) is 0 Å². The van der Waals surface area contributed by atoms with Crippen molar-refractivity contribution < 1.29 is 31.4 Å². The highest BCUT2D eigenvalue weighted by Crippen LogP contribution is 2.47. The van der Waals surface area contributed by atoms with Crippen LogP contribution in [-0.4, -0.2) is 15.6 Å². The molecule has 1 unspecified atom stereocenters. The van der Waals surface area contributed by atoms with E-state index in [0.29, 0.717) is 6.07 Å². The maximum atomic E-state index is 14.4. The lowest BCUT2D eigenvalue weighted by Gasteiger charge is -2.31. The van der Waals surface area contributed by atoms with Crippen LogP contribution < -0.4 is 0 Å². The van der Waals surface area contributed by atoms with E-state index < -0.39 is 48.2 Å². The van der Waals surface area contributed by atoms with E-state index in [1.165, 1.54) is 6.07 Å². The molecule has 2 heterocycles. The number of aliphatic hydroxyl groups excluding tert-OH is 1. The largest absolute Gasteiger partial charge is 0.418 e. The number of halogens is 6. The molecule has 1 aliphatic rings. The Morgan fingerprint density at radius 2 is 1.96 bits per heavy atom. The van der Waals surface area contributed by atoms with Crippen molar-refractivity contribution in [2.75, 3.05) is 0 Å². The summed E-state index contributed by atoms with van der Waals surface area (Å²) in [6.45, 7) is -0.527. The summed E-state index contributed by atoms with van der Waals surface area (Å²) in [4.78, 5) is 0. The van der Waals surface area contributed by atoms with Gasteiger partial charge in [-0.25, -0.2) is 13.2 Å². The molecule has 9 heteroatoms. The molecule has 0 saturated carbocycles. The topological polar surface area (TPSA) is 49.0 Å². The fourth-order valence-corrected chi connectivity index (χ4v) is 2.96.